The number of aryl methyl sites for hydroxylation is 1. The summed E-state index contributed by atoms with van der Waals surface area (Å²) < 4.78 is 17.1. The zero-order chi connectivity index (χ0) is 11.6. The molecular weight excluding hydrogens is 207 g/mol. The van der Waals surface area contributed by atoms with Crippen molar-refractivity contribution < 1.29 is 9.30 Å². The van der Waals surface area contributed by atoms with Gasteiger partial charge in [-0.1, -0.05) is 12.1 Å². The minimum atomic E-state index is -2.02. The first-order valence-electron chi connectivity index (χ1n) is 5.02. The third kappa shape index (κ3) is 3.10. The van der Waals surface area contributed by atoms with Crippen molar-refractivity contribution in [1.82, 2.24) is 0 Å². The molecule has 0 amide bonds. The molecule has 0 fully saturated rings. The lowest BCUT2D eigenvalue weighted by Gasteiger charge is -2.14. The Morgan fingerprint density at radius 2 is 1.87 bits per heavy atom. The van der Waals surface area contributed by atoms with Gasteiger partial charge >= 0.3 is 0 Å². The molecule has 0 saturated heterocycles. The molecule has 0 N–H and O–H groups in total. The molecule has 0 heterocycles. The Morgan fingerprint density at radius 1 is 1.27 bits per heavy atom. The zero-order valence-electron chi connectivity index (χ0n) is 10.1. The van der Waals surface area contributed by atoms with Crippen LogP contribution in [0.1, 0.15) is 16.7 Å². The van der Waals surface area contributed by atoms with Crippen molar-refractivity contribution in [2.75, 3.05) is 20.4 Å². The smallest absolute Gasteiger partial charge is 0.124 e. The molecule has 84 valence electrons. The van der Waals surface area contributed by atoms with Crippen LogP contribution in [-0.4, -0.2) is 20.4 Å². The third-order valence-corrected chi connectivity index (χ3v) is 3.57. The van der Waals surface area contributed by atoms with E-state index in [1.165, 1.54) is 0 Å². The molecule has 1 aromatic carbocycles. The van der Waals surface area contributed by atoms with E-state index in [-0.39, 0.29) is 0 Å². The second kappa shape index (κ2) is 4.40. The summed E-state index contributed by atoms with van der Waals surface area (Å²) in [6.07, 6.45) is 0.648. The number of ether oxygens (including phenoxy) is 1. The normalized spacial score (nSPS) is 11.5. The first-order valence-corrected chi connectivity index (χ1v) is 7.81. The molecule has 0 radical (unpaired) electrons. The van der Waals surface area contributed by atoms with Gasteiger partial charge < -0.3 is 9.30 Å². The molecule has 0 spiro atoms. The van der Waals surface area contributed by atoms with E-state index < -0.39 is 7.14 Å². The number of hydrogen-bond acceptors (Lipinski definition) is 2. The third-order valence-electron chi connectivity index (χ3n) is 2.47. The summed E-state index contributed by atoms with van der Waals surface area (Å²) >= 11 is 0. The molecule has 0 saturated carbocycles. The summed E-state index contributed by atoms with van der Waals surface area (Å²) in [5.41, 5.74) is 3.37. The molecule has 0 aliphatic heterocycles. The number of methoxy groups -OCH3 is 1. The van der Waals surface area contributed by atoms with Crippen LogP contribution in [-0.2, 0) is 10.7 Å². The minimum absolute atomic E-state index is 0.648. The van der Waals surface area contributed by atoms with Crippen LogP contribution in [0, 0.1) is 13.8 Å². The van der Waals surface area contributed by atoms with Gasteiger partial charge in [0.05, 0.1) is 14.3 Å². The van der Waals surface area contributed by atoms with E-state index in [0.717, 1.165) is 22.4 Å². The van der Waals surface area contributed by atoms with Gasteiger partial charge in [-0.05, 0) is 43.9 Å². The Labute approximate surface area is 92.0 Å². The summed E-state index contributed by atoms with van der Waals surface area (Å²) in [5, 5.41) is 0. The van der Waals surface area contributed by atoms with Crippen LogP contribution in [0.3, 0.4) is 0 Å². The van der Waals surface area contributed by atoms with Crippen molar-refractivity contribution in [3.05, 3.63) is 28.8 Å². The van der Waals surface area contributed by atoms with E-state index in [2.05, 4.69) is 0 Å². The van der Waals surface area contributed by atoms with Gasteiger partial charge in [0, 0.05) is 6.16 Å². The lowest BCUT2D eigenvalue weighted by Crippen LogP contribution is -1.96. The molecule has 1 rings (SSSR count). The van der Waals surface area contributed by atoms with Crippen LogP contribution in [0.25, 0.3) is 0 Å². The SMILES string of the molecule is COc1c(C)ccc(CP(C)(C)=O)c1C. The molecule has 3 heteroatoms. The van der Waals surface area contributed by atoms with Crippen LogP contribution < -0.4 is 4.74 Å². The van der Waals surface area contributed by atoms with E-state index in [4.69, 9.17) is 4.74 Å². The maximum atomic E-state index is 11.8. The quantitative estimate of drug-likeness (QED) is 0.738. The van der Waals surface area contributed by atoms with Crippen molar-refractivity contribution in [3.63, 3.8) is 0 Å². The average Bonchev–Trinajstić information content (AvgIpc) is 2.09. The van der Waals surface area contributed by atoms with Crippen LogP contribution in [0.5, 0.6) is 5.75 Å². The standard InChI is InChI=1S/C12H19O2P/c1-9-6-7-11(8-15(4,5)13)10(2)12(9)14-3/h6-7H,8H2,1-5H3. The van der Waals surface area contributed by atoms with Crippen molar-refractivity contribution in [1.29, 1.82) is 0 Å². The zero-order valence-corrected chi connectivity index (χ0v) is 11.0. The first kappa shape index (κ1) is 12.3. The number of benzene rings is 1. The highest BCUT2D eigenvalue weighted by molar-refractivity contribution is 7.61. The highest BCUT2D eigenvalue weighted by Gasteiger charge is 2.13. The topological polar surface area (TPSA) is 26.3 Å². The van der Waals surface area contributed by atoms with Crippen LogP contribution in [0.15, 0.2) is 12.1 Å². The summed E-state index contributed by atoms with van der Waals surface area (Å²) in [4.78, 5) is 0. The highest BCUT2D eigenvalue weighted by atomic mass is 31.2. The lowest BCUT2D eigenvalue weighted by molar-refractivity contribution is 0.408. The molecule has 0 bridgehead atoms. The van der Waals surface area contributed by atoms with Crippen molar-refractivity contribution in [2.24, 2.45) is 0 Å². The molecule has 0 aliphatic rings. The molecule has 15 heavy (non-hydrogen) atoms. The van der Waals surface area contributed by atoms with Gasteiger partial charge in [-0.25, -0.2) is 0 Å². The maximum absolute atomic E-state index is 11.8. The van der Waals surface area contributed by atoms with Gasteiger partial charge in [-0.2, -0.15) is 0 Å². The Hall–Kier alpha value is -0.750. The molecule has 0 aliphatic carbocycles. The van der Waals surface area contributed by atoms with Crippen LogP contribution >= 0.6 is 7.14 Å². The van der Waals surface area contributed by atoms with Crippen LogP contribution in [0.4, 0.5) is 0 Å². The largest absolute Gasteiger partial charge is 0.496 e. The summed E-state index contributed by atoms with van der Waals surface area (Å²) in [7, 11) is -0.338. The van der Waals surface area contributed by atoms with Gasteiger partial charge in [-0.15, -0.1) is 0 Å². The van der Waals surface area contributed by atoms with Gasteiger partial charge in [0.1, 0.15) is 5.75 Å². The summed E-state index contributed by atoms with van der Waals surface area (Å²) in [6, 6.07) is 4.07. The van der Waals surface area contributed by atoms with Crippen LogP contribution in [0.2, 0.25) is 0 Å². The Kier molecular flexibility index (Phi) is 3.62. The lowest BCUT2D eigenvalue weighted by atomic mass is 10.1. The van der Waals surface area contributed by atoms with Gasteiger partial charge in [0.15, 0.2) is 0 Å². The molecule has 0 aromatic heterocycles. The summed E-state index contributed by atoms with van der Waals surface area (Å²) in [5.74, 6) is 0.918. The average molecular weight is 226 g/mol. The fraction of sp³-hybridized carbons (Fsp3) is 0.500. The molecule has 0 atom stereocenters. The first-order chi connectivity index (χ1) is 6.85. The summed E-state index contributed by atoms with van der Waals surface area (Å²) in [6.45, 7) is 7.68. The molecule has 0 unspecified atom stereocenters. The van der Waals surface area contributed by atoms with Crippen molar-refractivity contribution in [3.8, 4) is 5.75 Å². The van der Waals surface area contributed by atoms with E-state index in [0.29, 0.717) is 6.16 Å². The van der Waals surface area contributed by atoms with Gasteiger partial charge in [0.25, 0.3) is 0 Å². The maximum Gasteiger partial charge on any atom is 0.124 e. The predicted molar refractivity (Wildman–Crippen MR) is 65.6 cm³/mol. The van der Waals surface area contributed by atoms with E-state index in [1.54, 1.807) is 7.11 Å². The predicted octanol–water partition coefficient (Wildman–Crippen LogP) is 3.43. The highest BCUT2D eigenvalue weighted by Crippen LogP contribution is 2.42. The Morgan fingerprint density at radius 3 is 2.33 bits per heavy atom. The van der Waals surface area contributed by atoms with Gasteiger partial charge in [0.2, 0.25) is 0 Å². The van der Waals surface area contributed by atoms with Gasteiger partial charge in [-0.3, -0.25) is 0 Å². The second-order valence-corrected chi connectivity index (χ2v) is 7.90. The van der Waals surface area contributed by atoms with Crippen molar-refractivity contribution >= 4 is 7.14 Å². The molecule has 1 aromatic rings. The second-order valence-electron chi connectivity index (χ2n) is 4.43. The molecule has 2 nitrogen and oxygen atoms in total. The fourth-order valence-electron chi connectivity index (χ4n) is 1.76. The monoisotopic (exact) mass is 226 g/mol. The molecular formula is C12H19O2P. The van der Waals surface area contributed by atoms with Crippen molar-refractivity contribution in [2.45, 2.75) is 20.0 Å². The van der Waals surface area contributed by atoms with E-state index in [9.17, 15) is 4.57 Å². The minimum Gasteiger partial charge on any atom is -0.496 e. The fourth-order valence-corrected chi connectivity index (χ4v) is 2.93. The Balaban J connectivity index is 3.16. The number of hydrogen-bond donors (Lipinski definition) is 0. The van der Waals surface area contributed by atoms with E-state index >= 15 is 0 Å². The van der Waals surface area contributed by atoms with E-state index in [1.807, 2.05) is 39.3 Å². The number of rotatable bonds is 3. The Bertz CT molecular complexity index is 404.